The lowest BCUT2D eigenvalue weighted by Crippen LogP contribution is -2.35. The van der Waals surface area contributed by atoms with E-state index in [1.165, 1.54) is 55.5 Å². The van der Waals surface area contributed by atoms with Gasteiger partial charge in [0.1, 0.15) is 0 Å². The summed E-state index contributed by atoms with van der Waals surface area (Å²) < 4.78 is 0. The van der Waals surface area contributed by atoms with E-state index in [1.807, 2.05) is 26.1 Å². The van der Waals surface area contributed by atoms with E-state index in [0.717, 1.165) is 17.6 Å². The molecule has 0 N–H and O–H groups in total. The van der Waals surface area contributed by atoms with Crippen molar-refractivity contribution in [2.45, 2.75) is 59.8 Å². The standard InChI is InChI=1S/C24H30N2.C2H6/c1-5-12-25-17-18(4)19(6-2)15-21-16-20-10-8-13-26-14-9-11-23(24(20)26)22(21)7-3;1-2/h5-6,12,15-17H,1-2,7-11,13-14H2,3-4H3;1-2H3/b18-17+,19-15+,25-12?;. The van der Waals surface area contributed by atoms with E-state index in [2.05, 4.69) is 49.0 Å². The molecular weight excluding hydrogens is 340 g/mol. The van der Waals surface area contributed by atoms with E-state index in [-0.39, 0.29) is 0 Å². The van der Waals surface area contributed by atoms with Crippen LogP contribution in [-0.4, -0.2) is 19.3 Å². The van der Waals surface area contributed by atoms with Crippen LogP contribution >= 0.6 is 0 Å². The summed E-state index contributed by atoms with van der Waals surface area (Å²) in [5.74, 6) is 0. The van der Waals surface area contributed by atoms with Gasteiger partial charge in [0.25, 0.3) is 0 Å². The first kappa shape index (κ1) is 21.9. The highest BCUT2D eigenvalue weighted by Crippen LogP contribution is 2.39. The molecule has 28 heavy (non-hydrogen) atoms. The SMILES string of the molecule is C=CC=N/C=C(C)/C(C=C)=C/c1cc2c3c(c1CC)CCCN3CCC2.CC. The van der Waals surface area contributed by atoms with Gasteiger partial charge >= 0.3 is 0 Å². The molecule has 0 saturated heterocycles. The Hall–Kier alpha value is -2.35. The zero-order chi connectivity index (χ0) is 20.5. The predicted octanol–water partition coefficient (Wildman–Crippen LogP) is 6.70. The Balaban J connectivity index is 0.00000136. The van der Waals surface area contributed by atoms with E-state index >= 15 is 0 Å². The molecule has 0 aliphatic carbocycles. The van der Waals surface area contributed by atoms with Crippen LogP contribution in [0.5, 0.6) is 0 Å². The Bertz CT molecular complexity index is 791. The lowest BCUT2D eigenvalue weighted by Gasteiger charge is -2.38. The molecule has 0 saturated carbocycles. The number of hydrogen-bond donors (Lipinski definition) is 0. The molecule has 1 aromatic rings. The highest BCUT2D eigenvalue weighted by Gasteiger charge is 2.26. The number of hydrogen-bond acceptors (Lipinski definition) is 2. The third-order valence-corrected chi connectivity index (χ3v) is 5.48. The molecule has 2 aliphatic rings. The van der Waals surface area contributed by atoms with Crippen LogP contribution in [0, 0.1) is 0 Å². The summed E-state index contributed by atoms with van der Waals surface area (Å²) in [6.45, 7) is 18.5. The van der Waals surface area contributed by atoms with Gasteiger partial charge < -0.3 is 4.90 Å². The summed E-state index contributed by atoms with van der Waals surface area (Å²) in [4.78, 5) is 6.88. The third-order valence-electron chi connectivity index (χ3n) is 5.48. The minimum atomic E-state index is 1.07. The van der Waals surface area contributed by atoms with Gasteiger partial charge in [0.2, 0.25) is 0 Å². The monoisotopic (exact) mass is 376 g/mol. The molecule has 2 aliphatic heterocycles. The van der Waals surface area contributed by atoms with Crippen LogP contribution in [0.2, 0.25) is 0 Å². The smallest absolute Gasteiger partial charge is 0.0434 e. The molecule has 0 radical (unpaired) electrons. The first-order chi connectivity index (χ1) is 13.7. The van der Waals surface area contributed by atoms with E-state index in [4.69, 9.17) is 0 Å². The van der Waals surface area contributed by atoms with E-state index in [9.17, 15) is 0 Å². The van der Waals surface area contributed by atoms with Crippen LogP contribution in [-0.2, 0) is 19.3 Å². The molecule has 1 aromatic carbocycles. The molecule has 0 bridgehead atoms. The number of allylic oxidation sites excluding steroid dienone is 4. The van der Waals surface area contributed by atoms with E-state index in [0.29, 0.717) is 0 Å². The second kappa shape index (κ2) is 10.8. The quantitative estimate of drug-likeness (QED) is 0.398. The summed E-state index contributed by atoms with van der Waals surface area (Å²) in [7, 11) is 0. The summed E-state index contributed by atoms with van der Waals surface area (Å²) in [6.07, 6.45) is 15.5. The van der Waals surface area contributed by atoms with Crippen molar-refractivity contribution in [3.05, 3.63) is 71.0 Å². The minimum absolute atomic E-state index is 1.07. The summed E-state index contributed by atoms with van der Waals surface area (Å²) in [5.41, 5.74) is 9.81. The average Bonchev–Trinajstić information content (AvgIpc) is 2.74. The third kappa shape index (κ3) is 4.73. The van der Waals surface area contributed by atoms with Gasteiger partial charge in [0.15, 0.2) is 0 Å². The van der Waals surface area contributed by atoms with Gasteiger partial charge in [0, 0.05) is 31.2 Å². The van der Waals surface area contributed by atoms with Crippen molar-refractivity contribution >= 4 is 18.0 Å². The maximum atomic E-state index is 4.27. The van der Waals surface area contributed by atoms with Crippen molar-refractivity contribution in [3.8, 4) is 0 Å². The van der Waals surface area contributed by atoms with Gasteiger partial charge in [-0.25, -0.2) is 0 Å². The van der Waals surface area contributed by atoms with Crippen molar-refractivity contribution in [2.24, 2.45) is 4.99 Å². The zero-order valence-corrected chi connectivity index (χ0v) is 18.2. The van der Waals surface area contributed by atoms with Gasteiger partial charge in [-0.3, -0.25) is 4.99 Å². The fraction of sp³-hybridized carbons (Fsp3) is 0.423. The molecular formula is C26H36N2. The highest BCUT2D eigenvalue weighted by molar-refractivity contribution is 5.74. The molecule has 0 amide bonds. The van der Waals surface area contributed by atoms with Crippen molar-refractivity contribution < 1.29 is 0 Å². The first-order valence-corrected chi connectivity index (χ1v) is 10.8. The Morgan fingerprint density at radius 3 is 2.54 bits per heavy atom. The second-order valence-electron chi connectivity index (χ2n) is 7.13. The van der Waals surface area contributed by atoms with E-state index in [1.54, 1.807) is 23.5 Å². The van der Waals surface area contributed by atoms with E-state index < -0.39 is 0 Å². The van der Waals surface area contributed by atoms with Crippen LogP contribution in [0.3, 0.4) is 0 Å². The molecule has 0 unspecified atom stereocenters. The molecule has 0 fully saturated rings. The van der Waals surface area contributed by atoms with Crippen molar-refractivity contribution in [2.75, 3.05) is 18.0 Å². The van der Waals surface area contributed by atoms with Crippen LogP contribution in [0.1, 0.15) is 62.8 Å². The molecule has 2 heterocycles. The number of rotatable bonds is 6. The highest BCUT2D eigenvalue weighted by atomic mass is 15.1. The lowest BCUT2D eigenvalue weighted by molar-refractivity contribution is 0.630. The minimum Gasteiger partial charge on any atom is -0.371 e. The number of anilines is 1. The van der Waals surface area contributed by atoms with Gasteiger partial charge in [-0.15, -0.1) is 0 Å². The topological polar surface area (TPSA) is 15.6 Å². The Labute approximate surface area is 172 Å². The Morgan fingerprint density at radius 2 is 1.89 bits per heavy atom. The normalized spacial score (nSPS) is 16.4. The summed E-state index contributed by atoms with van der Waals surface area (Å²) in [6, 6.07) is 2.43. The number of aryl methyl sites for hydroxylation is 1. The summed E-state index contributed by atoms with van der Waals surface area (Å²) >= 11 is 0. The Kier molecular flexibility index (Phi) is 8.50. The fourth-order valence-electron chi connectivity index (χ4n) is 4.29. The van der Waals surface area contributed by atoms with Gasteiger partial charge in [-0.1, -0.05) is 46.1 Å². The van der Waals surface area contributed by atoms with Crippen molar-refractivity contribution in [1.29, 1.82) is 0 Å². The van der Waals surface area contributed by atoms with Crippen LogP contribution in [0.15, 0.2) is 53.7 Å². The second-order valence-corrected chi connectivity index (χ2v) is 7.13. The molecule has 0 spiro atoms. The molecule has 0 atom stereocenters. The fourth-order valence-corrected chi connectivity index (χ4v) is 4.29. The molecule has 150 valence electrons. The van der Waals surface area contributed by atoms with Crippen LogP contribution in [0.25, 0.3) is 6.08 Å². The number of nitrogens with zero attached hydrogens (tertiary/aromatic N) is 2. The maximum Gasteiger partial charge on any atom is 0.0434 e. The molecule has 2 heteroatoms. The summed E-state index contributed by atoms with van der Waals surface area (Å²) in [5, 5.41) is 0. The predicted molar refractivity (Wildman–Crippen MR) is 127 cm³/mol. The van der Waals surface area contributed by atoms with Gasteiger partial charge in [-0.2, -0.15) is 0 Å². The Morgan fingerprint density at radius 1 is 1.18 bits per heavy atom. The maximum absolute atomic E-state index is 4.27. The molecule has 2 nitrogen and oxygen atoms in total. The zero-order valence-electron chi connectivity index (χ0n) is 18.2. The largest absolute Gasteiger partial charge is 0.371 e. The number of aliphatic imine (C=N–C) groups is 1. The number of benzene rings is 1. The lowest BCUT2D eigenvalue weighted by atomic mass is 9.84. The molecule has 3 rings (SSSR count). The van der Waals surface area contributed by atoms with Crippen molar-refractivity contribution in [3.63, 3.8) is 0 Å². The van der Waals surface area contributed by atoms with Crippen LogP contribution < -0.4 is 4.90 Å². The van der Waals surface area contributed by atoms with Gasteiger partial charge in [0.05, 0.1) is 0 Å². The average molecular weight is 377 g/mol. The molecule has 0 aromatic heterocycles. The van der Waals surface area contributed by atoms with Gasteiger partial charge in [-0.05, 0) is 84.6 Å². The van der Waals surface area contributed by atoms with Crippen molar-refractivity contribution in [1.82, 2.24) is 0 Å². The first-order valence-electron chi connectivity index (χ1n) is 10.8. The van der Waals surface area contributed by atoms with Crippen LogP contribution in [0.4, 0.5) is 5.69 Å².